The Bertz CT molecular complexity index is 405. The summed E-state index contributed by atoms with van der Waals surface area (Å²) in [5.41, 5.74) is 2.68. The topological polar surface area (TPSA) is 15.3 Å². The maximum atomic E-state index is 3.70. The summed E-state index contributed by atoms with van der Waals surface area (Å²) in [7, 11) is 2.00. The number of halogens is 1. The van der Waals surface area contributed by atoms with Gasteiger partial charge in [0.1, 0.15) is 0 Å². The summed E-state index contributed by atoms with van der Waals surface area (Å²) in [5.74, 6) is 0.875. The Morgan fingerprint density at radius 2 is 2.28 bits per heavy atom. The van der Waals surface area contributed by atoms with Crippen LogP contribution >= 0.6 is 15.9 Å². The molecular weight excluding hydrogens is 288 g/mol. The van der Waals surface area contributed by atoms with E-state index in [2.05, 4.69) is 58.2 Å². The first-order valence-corrected chi connectivity index (χ1v) is 7.66. The predicted octanol–water partition coefficient (Wildman–Crippen LogP) is 3.97. The van der Waals surface area contributed by atoms with Gasteiger partial charge in [0.2, 0.25) is 0 Å². The Hall–Kier alpha value is -0.540. The second-order valence-corrected chi connectivity index (χ2v) is 6.08. The smallest absolute Gasteiger partial charge is 0.0377 e. The van der Waals surface area contributed by atoms with Crippen LogP contribution in [0.2, 0.25) is 0 Å². The summed E-state index contributed by atoms with van der Waals surface area (Å²) < 4.78 is 1.21. The summed E-state index contributed by atoms with van der Waals surface area (Å²) in [6.45, 7) is 6.89. The molecule has 1 heterocycles. The van der Waals surface area contributed by atoms with Crippen LogP contribution in [0.1, 0.15) is 38.3 Å². The summed E-state index contributed by atoms with van der Waals surface area (Å²) in [4.78, 5) is 2.51. The molecule has 2 rings (SSSR count). The van der Waals surface area contributed by atoms with E-state index in [0.717, 1.165) is 5.92 Å². The Balaban J connectivity index is 2.14. The first-order valence-electron chi connectivity index (χ1n) is 6.87. The van der Waals surface area contributed by atoms with Crippen LogP contribution in [0.15, 0.2) is 22.7 Å². The van der Waals surface area contributed by atoms with E-state index in [4.69, 9.17) is 0 Å². The molecule has 100 valence electrons. The third-order valence-electron chi connectivity index (χ3n) is 4.11. The molecule has 0 radical (unpaired) electrons. The molecule has 1 N–H and O–H groups in total. The lowest BCUT2D eigenvalue weighted by molar-refractivity contribution is 0.569. The van der Waals surface area contributed by atoms with Crippen molar-refractivity contribution in [1.82, 2.24) is 5.32 Å². The second kappa shape index (κ2) is 6.07. The highest BCUT2D eigenvalue weighted by atomic mass is 79.9. The van der Waals surface area contributed by atoms with Crippen LogP contribution in [0, 0.1) is 5.92 Å². The predicted molar refractivity (Wildman–Crippen MR) is 82.2 cm³/mol. The van der Waals surface area contributed by atoms with Crippen LogP contribution in [0.5, 0.6) is 0 Å². The molecule has 18 heavy (non-hydrogen) atoms. The third-order valence-corrected chi connectivity index (χ3v) is 4.80. The lowest BCUT2D eigenvalue weighted by Gasteiger charge is -2.21. The molecule has 1 aromatic carbocycles. The highest BCUT2D eigenvalue weighted by Crippen LogP contribution is 2.31. The second-order valence-electron chi connectivity index (χ2n) is 5.23. The number of benzene rings is 1. The molecule has 1 aromatic rings. The number of hydrogen-bond donors (Lipinski definition) is 1. The van der Waals surface area contributed by atoms with Crippen LogP contribution in [-0.2, 0) is 0 Å². The van der Waals surface area contributed by atoms with E-state index >= 15 is 0 Å². The van der Waals surface area contributed by atoms with Gasteiger partial charge in [-0.2, -0.15) is 0 Å². The Morgan fingerprint density at radius 1 is 1.50 bits per heavy atom. The minimum atomic E-state index is 0.385. The summed E-state index contributed by atoms with van der Waals surface area (Å²) in [6, 6.07) is 7.14. The van der Waals surface area contributed by atoms with Gasteiger partial charge in [-0.25, -0.2) is 0 Å². The minimum Gasteiger partial charge on any atom is -0.371 e. The molecule has 0 aliphatic carbocycles. The zero-order valence-corrected chi connectivity index (χ0v) is 13.1. The number of nitrogens with zero attached hydrogens (tertiary/aromatic N) is 1. The van der Waals surface area contributed by atoms with Crippen molar-refractivity contribution in [3.05, 3.63) is 28.2 Å². The molecule has 0 aromatic heterocycles. The Kier molecular flexibility index (Phi) is 4.68. The van der Waals surface area contributed by atoms with Crippen molar-refractivity contribution in [3.8, 4) is 0 Å². The minimum absolute atomic E-state index is 0.385. The van der Waals surface area contributed by atoms with Gasteiger partial charge in [-0.05, 0) is 44.0 Å². The summed E-state index contributed by atoms with van der Waals surface area (Å²) >= 11 is 3.70. The summed E-state index contributed by atoms with van der Waals surface area (Å²) in [6.07, 6.45) is 2.63. The average molecular weight is 311 g/mol. The fourth-order valence-corrected chi connectivity index (χ4v) is 3.33. The Morgan fingerprint density at radius 3 is 2.83 bits per heavy atom. The van der Waals surface area contributed by atoms with Crippen molar-refractivity contribution in [2.45, 2.75) is 32.7 Å². The van der Waals surface area contributed by atoms with Crippen LogP contribution < -0.4 is 10.2 Å². The molecule has 1 saturated heterocycles. The highest BCUT2D eigenvalue weighted by Gasteiger charge is 2.21. The largest absolute Gasteiger partial charge is 0.371 e. The quantitative estimate of drug-likeness (QED) is 0.905. The molecular formula is C15H23BrN2. The van der Waals surface area contributed by atoms with E-state index in [9.17, 15) is 0 Å². The molecule has 3 heteroatoms. The van der Waals surface area contributed by atoms with Crippen molar-refractivity contribution < 1.29 is 0 Å². The molecule has 0 bridgehead atoms. The maximum absolute atomic E-state index is 3.70. The normalized spacial score (nSPS) is 21.3. The van der Waals surface area contributed by atoms with Crippen molar-refractivity contribution in [1.29, 1.82) is 0 Å². The van der Waals surface area contributed by atoms with Gasteiger partial charge in [0.05, 0.1) is 0 Å². The van der Waals surface area contributed by atoms with Gasteiger partial charge in [-0.15, -0.1) is 0 Å². The third kappa shape index (κ3) is 2.89. The molecule has 1 aliphatic heterocycles. The van der Waals surface area contributed by atoms with Gasteiger partial charge in [-0.1, -0.05) is 35.3 Å². The molecule has 0 spiro atoms. The van der Waals surface area contributed by atoms with E-state index in [1.54, 1.807) is 0 Å². The molecule has 2 nitrogen and oxygen atoms in total. The molecule has 1 fully saturated rings. The molecule has 1 aliphatic rings. The van der Waals surface area contributed by atoms with E-state index in [-0.39, 0.29) is 0 Å². The van der Waals surface area contributed by atoms with Crippen LogP contribution in [0.3, 0.4) is 0 Å². The maximum Gasteiger partial charge on any atom is 0.0377 e. The molecule has 2 unspecified atom stereocenters. The average Bonchev–Trinajstić information content (AvgIpc) is 2.86. The zero-order valence-electron chi connectivity index (χ0n) is 11.5. The number of anilines is 1. The Labute approximate surface area is 119 Å². The molecule has 0 amide bonds. The van der Waals surface area contributed by atoms with Crippen molar-refractivity contribution >= 4 is 21.6 Å². The highest BCUT2D eigenvalue weighted by molar-refractivity contribution is 9.10. The van der Waals surface area contributed by atoms with E-state index in [0.29, 0.717) is 6.04 Å². The zero-order chi connectivity index (χ0) is 13.1. The van der Waals surface area contributed by atoms with E-state index < -0.39 is 0 Å². The fraction of sp³-hybridized carbons (Fsp3) is 0.600. The molecule has 0 saturated carbocycles. The van der Waals surface area contributed by atoms with E-state index in [1.807, 2.05) is 7.05 Å². The van der Waals surface area contributed by atoms with Gasteiger partial charge in [0, 0.05) is 29.3 Å². The van der Waals surface area contributed by atoms with Crippen molar-refractivity contribution in [2.75, 3.05) is 25.0 Å². The van der Waals surface area contributed by atoms with Crippen LogP contribution in [0.25, 0.3) is 0 Å². The monoisotopic (exact) mass is 310 g/mol. The SMILES string of the molecule is CCC1CCN(c2ccc(C(C)NC)c(Br)c2)C1. The van der Waals surface area contributed by atoms with Gasteiger partial charge < -0.3 is 10.2 Å². The summed E-state index contributed by atoms with van der Waals surface area (Å²) in [5, 5.41) is 3.28. The molecule has 2 atom stereocenters. The standard InChI is InChI=1S/C15H23BrN2/c1-4-12-7-8-18(10-12)13-5-6-14(11(2)17-3)15(16)9-13/h5-6,9,11-12,17H,4,7-8,10H2,1-3H3. The van der Waals surface area contributed by atoms with Crippen LogP contribution in [-0.4, -0.2) is 20.1 Å². The van der Waals surface area contributed by atoms with E-state index in [1.165, 1.54) is 41.7 Å². The lowest BCUT2D eigenvalue weighted by atomic mass is 10.1. The van der Waals surface area contributed by atoms with Crippen molar-refractivity contribution in [2.24, 2.45) is 5.92 Å². The first kappa shape index (κ1) is 13.9. The number of rotatable bonds is 4. The number of nitrogens with one attached hydrogen (secondary N) is 1. The van der Waals surface area contributed by atoms with Crippen molar-refractivity contribution in [3.63, 3.8) is 0 Å². The number of hydrogen-bond acceptors (Lipinski definition) is 2. The van der Waals surface area contributed by atoms with Gasteiger partial charge in [0.25, 0.3) is 0 Å². The first-order chi connectivity index (χ1) is 8.65. The van der Waals surface area contributed by atoms with Gasteiger partial charge >= 0.3 is 0 Å². The van der Waals surface area contributed by atoms with Gasteiger partial charge in [-0.3, -0.25) is 0 Å². The van der Waals surface area contributed by atoms with Crippen LogP contribution in [0.4, 0.5) is 5.69 Å². The van der Waals surface area contributed by atoms with Gasteiger partial charge in [0.15, 0.2) is 0 Å². The fourth-order valence-electron chi connectivity index (χ4n) is 2.62. The lowest BCUT2D eigenvalue weighted by Crippen LogP contribution is -2.20.